The summed E-state index contributed by atoms with van der Waals surface area (Å²) in [6, 6.07) is 13.6. The molecule has 5 heteroatoms. The van der Waals surface area contributed by atoms with Gasteiger partial charge in [0.25, 0.3) is 0 Å². The van der Waals surface area contributed by atoms with Crippen molar-refractivity contribution in [2.45, 2.75) is 43.8 Å². The monoisotopic (exact) mass is 368 g/mol. The van der Waals surface area contributed by atoms with Crippen LogP contribution in [-0.2, 0) is 9.59 Å². The van der Waals surface area contributed by atoms with E-state index in [-0.39, 0.29) is 23.0 Å². The molecule has 1 unspecified atom stereocenters. The zero-order valence-electron chi connectivity index (χ0n) is 15.3. The Labute approximate surface area is 158 Å². The molecule has 3 rings (SSSR count). The highest BCUT2D eigenvalue weighted by Gasteiger charge is 2.29. The average Bonchev–Trinajstić information content (AvgIpc) is 3.44. The van der Waals surface area contributed by atoms with E-state index in [9.17, 15) is 9.59 Å². The standard InChI is InChI=1S/C21H24N2O2S/c1-13-4-11-19(14(2)12-13)23-20(24)15(3)26-18-9-7-17(8-10-18)22-21(25)16-5-6-16/h4,7-12,15-16H,5-6H2,1-3H3,(H,22,25)(H,23,24). The zero-order chi connectivity index (χ0) is 18.7. The van der Waals surface area contributed by atoms with Crippen LogP contribution in [0.15, 0.2) is 47.4 Å². The van der Waals surface area contributed by atoms with Gasteiger partial charge in [-0.1, -0.05) is 17.7 Å². The van der Waals surface area contributed by atoms with Gasteiger partial charge in [-0.05, 0) is 69.5 Å². The highest BCUT2D eigenvalue weighted by atomic mass is 32.2. The molecule has 2 amide bonds. The quantitative estimate of drug-likeness (QED) is 0.722. The summed E-state index contributed by atoms with van der Waals surface area (Å²) in [4.78, 5) is 25.2. The Hall–Kier alpha value is -2.27. The van der Waals surface area contributed by atoms with Crippen molar-refractivity contribution in [2.24, 2.45) is 5.92 Å². The lowest BCUT2D eigenvalue weighted by molar-refractivity contribution is -0.117. The molecule has 0 aliphatic heterocycles. The molecule has 0 spiro atoms. The van der Waals surface area contributed by atoms with Crippen molar-refractivity contribution in [2.75, 3.05) is 10.6 Å². The maximum absolute atomic E-state index is 12.5. The molecule has 1 fully saturated rings. The first-order chi connectivity index (χ1) is 12.4. The van der Waals surface area contributed by atoms with Gasteiger partial charge in [0.15, 0.2) is 0 Å². The van der Waals surface area contributed by atoms with E-state index in [2.05, 4.69) is 16.7 Å². The number of carbonyl (C=O) groups excluding carboxylic acids is 2. The van der Waals surface area contributed by atoms with E-state index in [4.69, 9.17) is 0 Å². The van der Waals surface area contributed by atoms with E-state index in [0.717, 1.165) is 34.7 Å². The lowest BCUT2D eigenvalue weighted by Crippen LogP contribution is -2.22. The van der Waals surface area contributed by atoms with Gasteiger partial charge in [-0.3, -0.25) is 9.59 Å². The predicted molar refractivity (Wildman–Crippen MR) is 108 cm³/mol. The fourth-order valence-electron chi connectivity index (χ4n) is 2.65. The molecular formula is C21H24N2O2S. The maximum atomic E-state index is 12.5. The molecule has 0 bridgehead atoms. The molecule has 0 aromatic heterocycles. The van der Waals surface area contributed by atoms with Crippen LogP contribution in [0.5, 0.6) is 0 Å². The predicted octanol–water partition coefficient (Wildman–Crippen LogP) is 4.77. The van der Waals surface area contributed by atoms with Gasteiger partial charge >= 0.3 is 0 Å². The Morgan fingerprint density at radius 3 is 2.35 bits per heavy atom. The van der Waals surface area contributed by atoms with Crippen molar-refractivity contribution < 1.29 is 9.59 Å². The molecule has 2 N–H and O–H groups in total. The van der Waals surface area contributed by atoms with Crippen LogP contribution in [0, 0.1) is 19.8 Å². The smallest absolute Gasteiger partial charge is 0.237 e. The van der Waals surface area contributed by atoms with Crippen LogP contribution < -0.4 is 10.6 Å². The van der Waals surface area contributed by atoms with Gasteiger partial charge in [-0.2, -0.15) is 0 Å². The topological polar surface area (TPSA) is 58.2 Å². The number of hydrogen-bond acceptors (Lipinski definition) is 3. The van der Waals surface area contributed by atoms with Gasteiger partial charge in [-0.15, -0.1) is 11.8 Å². The highest BCUT2D eigenvalue weighted by Crippen LogP contribution is 2.31. The van der Waals surface area contributed by atoms with Gasteiger partial charge in [0.05, 0.1) is 5.25 Å². The summed E-state index contributed by atoms with van der Waals surface area (Å²) in [5, 5.41) is 5.70. The summed E-state index contributed by atoms with van der Waals surface area (Å²) in [6.07, 6.45) is 1.99. The molecule has 2 aromatic rings. The summed E-state index contributed by atoms with van der Waals surface area (Å²) in [5.74, 6) is 0.276. The molecule has 1 atom stereocenters. The third-order valence-corrected chi connectivity index (χ3v) is 5.50. The lowest BCUT2D eigenvalue weighted by atomic mass is 10.1. The van der Waals surface area contributed by atoms with E-state index in [1.54, 1.807) is 0 Å². The number of carbonyl (C=O) groups is 2. The first kappa shape index (κ1) is 18.5. The molecule has 26 heavy (non-hydrogen) atoms. The molecule has 1 saturated carbocycles. The number of benzene rings is 2. The molecule has 0 radical (unpaired) electrons. The van der Waals surface area contributed by atoms with E-state index in [1.165, 1.54) is 17.3 Å². The molecule has 2 aromatic carbocycles. The van der Waals surface area contributed by atoms with Crippen molar-refractivity contribution >= 4 is 35.0 Å². The molecule has 1 aliphatic rings. The van der Waals surface area contributed by atoms with Crippen LogP contribution in [0.4, 0.5) is 11.4 Å². The molecule has 0 heterocycles. The van der Waals surface area contributed by atoms with Crippen molar-refractivity contribution in [3.05, 3.63) is 53.6 Å². The Kier molecular flexibility index (Phi) is 5.67. The van der Waals surface area contributed by atoms with Crippen LogP contribution in [0.2, 0.25) is 0 Å². The summed E-state index contributed by atoms with van der Waals surface area (Å²) in [6.45, 7) is 5.93. The van der Waals surface area contributed by atoms with Gasteiger partial charge in [0.1, 0.15) is 0 Å². The van der Waals surface area contributed by atoms with Crippen LogP contribution in [0.3, 0.4) is 0 Å². The number of anilines is 2. The largest absolute Gasteiger partial charge is 0.326 e. The van der Waals surface area contributed by atoms with Crippen molar-refractivity contribution in [1.82, 2.24) is 0 Å². The van der Waals surface area contributed by atoms with Crippen molar-refractivity contribution in [3.8, 4) is 0 Å². The second-order valence-corrected chi connectivity index (χ2v) is 8.27. The fourth-order valence-corrected chi connectivity index (χ4v) is 3.52. The maximum Gasteiger partial charge on any atom is 0.237 e. The van der Waals surface area contributed by atoms with Gasteiger partial charge < -0.3 is 10.6 Å². The van der Waals surface area contributed by atoms with Crippen molar-refractivity contribution in [1.29, 1.82) is 0 Å². The average molecular weight is 369 g/mol. The zero-order valence-corrected chi connectivity index (χ0v) is 16.2. The summed E-state index contributed by atoms with van der Waals surface area (Å²) >= 11 is 1.50. The van der Waals surface area contributed by atoms with E-state index in [0.29, 0.717) is 0 Å². The second-order valence-electron chi connectivity index (χ2n) is 6.86. The molecular weight excluding hydrogens is 344 g/mol. The van der Waals surface area contributed by atoms with Gasteiger partial charge in [0.2, 0.25) is 11.8 Å². The lowest BCUT2D eigenvalue weighted by Gasteiger charge is -2.14. The number of amides is 2. The minimum atomic E-state index is -0.220. The second kappa shape index (κ2) is 7.96. The molecule has 1 aliphatic carbocycles. The number of rotatable bonds is 6. The number of aryl methyl sites for hydroxylation is 2. The number of thioether (sulfide) groups is 1. The Balaban J connectivity index is 1.55. The fraction of sp³-hybridized carbons (Fsp3) is 0.333. The Morgan fingerprint density at radius 2 is 1.73 bits per heavy atom. The van der Waals surface area contributed by atoms with Crippen LogP contribution in [0.25, 0.3) is 0 Å². The third kappa shape index (κ3) is 4.88. The number of hydrogen-bond donors (Lipinski definition) is 2. The van der Waals surface area contributed by atoms with Gasteiger partial charge in [0, 0.05) is 22.2 Å². The summed E-state index contributed by atoms with van der Waals surface area (Å²) < 4.78 is 0. The Bertz CT molecular complexity index is 813. The summed E-state index contributed by atoms with van der Waals surface area (Å²) in [7, 11) is 0. The van der Waals surface area contributed by atoms with E-state index in [1.807, 2.05) is 57.2 Å². The van der Waals surface area contributed by atoms with E-state index < -0.39 is 0 Å². The van der Waals surface area contributed by atoms with Crippen molar-refractivity contribution in [3.63, 3.8) is 0 Å². The van der Waals surface area contributed by atoms with Crippen LogP contribution >= 0.6 is 11.8 Å². The summed E-state index contributed by atoms with van der Waals surface area (Å²) in [5.41, 5.74) is 3.90. The van der Waals surface area contributed by atoms with Gasteiger partial charge in [-0.25, -0.2) is 0 Å². The minimum absolute atomic E-state index is 0.0203. The van der Waals surface area contributed by atoms with Crippen LogP contribution in [0.1, 0.15) is 30.9 Å². The normalized spacial score (nSPS) is 14.6. The first-order valence-corrected chi connectivity index (χ1v) is 9.76. The first-order valence-electron chi connectivity index (χ1n) is 8.88. The van der Waals surface area contributed by atoms with Crippen LogP contribution in [-0.4, -0.2) is 17.1 Å². The highest BCUT2D eigenvalue weighted by molar-refractivity contribution is 8.00. The number of nitrogens with one attached hydrogen (secondary N) is 2. The van der Waals surface area contributed by atoms with E-state index >= 15 is 0 Å². The molecule has 136 valence electrons. The molecule has 4 nitrogen and oxygen atoms in total. The third-order valence-electron chi connectivity index (χ3n) is 4.39. The molecule has 0 saturated heterocycles. The SMILES string of the molecule is Cc1ccc(NC(=O)C(C)Sc2ccc(NC(=O)C3CC3)cc2)c(C)c1. The minimum Gasteiger partial charge on any atom is -0.326 e. The Morgan fingerprint density at radius 1 is 1.04 bits per heavy atom.